The fourth-order valence-corrected chi connectivity index (χ4v) is 5.36. The SMILES string of the molecule is CC1(C)CCCC(C)(C)N1C(=O)c1ccccc1.CN1C(C)(C)CCCC1(C)C. The first-order chi connectivity index (χ1) is 13.2. The number of carbonyl (C=O) groups is 1. The molecule has 164 valence electrons. The van der Waals surface area contributed by atoms with Crippen LogP contribution in [0.25, 0.3) is 0 Å². The normalized spacial score (nSPS) is 24.9. The Kier molecular flexibility index (Phi) is 6.94. The maximum absolute atomic E-state index is 12.8. The Morgan fingerprint density at radius 3 is 1.45 bits per heavy atom. The van der Waals surface area contributed by atoms with Crippen molar-refractivity contribution in [3.8, 4) is 0 Å². The number of likely N-dealkylation sites (tertiary alicyclic amines) is 2. The predicted molar refractivity (Wildman–Crippen MR) is 124 cm³/mol. The minimum absolute atomic E-state index is 0.0608. The molecule has 3 rings (SSSR count). The van der Waals surface area contributed by atoms with Crippen molar-refractivity contribution in [2.24, 2.45) is 0 Å². The Hall–Kier alpha value is -1.35. The summed E-state index contributed by atoms with van der Waals surface area (Å²) < 4.78 is 0. The average molecular weight is 401 g/mol. The van der Waals surface area contributed by atoms with Gasteiger partial charge in [0.05, 0.1) is 0 Å². The van der Waals surface area contributed by atoms with Crippen LogP contribution in [0.5, 0.6) is 0 Å². The lowest BCUT2D eigenvalue weighted by molar-refractivity contribution is -0.0112. The Morgan fingerprint density at radius 1 is 0.690 bits per heavy atom. The molecule has 0 aromatic heterocycles. The van der Waals surface area contributed by atoms with E-state index in [2.05, 4.69) is 72.2 Å². The molecule has 2 saturated heterocycles. The second kappa shape index (κ2) is 8.41. The van der Waals surface area contributed by atoms with E-state index < -0.39 is 0 Å². The van der Waals surface area contributed by atoms with Gasteiger partial charge in [0.2, 0.25) is 0 Å². The molecule has 2 aliphatic heterocycles. The molecule has 3 nitrogen and oxygen atoms in total. The van der Waals surface area contributed by atoms with Crippen LogP contribution in [0.2, 0.25) is 0 Å². The maximum Gasteiger partial charge on any atom is 0.254 e. The molecule has 2 aliphatic rings. The minimum atomic E-state index is -0.0608. The van der Waals surface area contributed by atoms with Gasteiger partial charge in [-0.2, -0.15) is 0 Å². The fourth-order valence-electron chi connectivity index (χ4n) is 5.36. The molecule has 1 aromatic carbocycles. The van der Waals surface area contributed by atoms with Crippen molar-refractivity contribution < 1.29 is 4.79 Å². The second-order valence-electron chi connectivity index (χ2n) is 11.5. The molecule has 0 atom stereocenters. The van der Waals surface area contributed by atoms with Crippen LogP contribution in [0.4, 0.5) is 0 Å². The van der Waals surface area contributed by atoms with E-state index in [1.165, 1.54) is 25.7 Å². The monoisotopic (exact) mass is 400 g/mol. The summed E-state index contributed by atoms with van der Waals surface area (Å²) in [7, 11) is 2.25. The molecule has 0 bridgehead atoms. The predicted octanol–water partition coefficient (Wildman–Crippen LogP) is 6.53. The van der Waals surface area contributed by atoms with Gasteiger partial charge in [-0.1, -0.05) is 18.2 Å². The van der Waals surface area contributed by atoms with Gasteiger partial charge in [0.25, 0.3) is 5.91 Å². The molecule has 2 fully saturated rings. The summed E-state index contributed by atoms with van der Waals surface area (Å²) in [4.78, 5) is 17.4. The van der Waals surface area contributed by atoms with Crippen LogP contribution in [-0.4, -0.2) is 44.9 Å². The zero-order valence-corrected chi connectivity index (χ0v) is 20.4. The standard InChI is InChI=1S/C16H23NO.C10H21N/c1-15(2)11-8-12-16(3,4)17(15)14(18)13-9-6-5-7-10-13;1-9(2)7-6-8-10(3,4)11(9)5/h5-7,9-10H,8,11-12H2,1-4H3;6-8H2,1-5H3. The number of benzene rings is 1. The molecule has 0 radical (unpaired) electrons. The van der Waals surface area contributed by atoms with Crippen LogP contribution < -0.4 is 0 Å². The van der Waals surface area contributed by atoms with Gasteiger partial charge in [-0.25, -0.2) is 0 Å². The number of amides is 1. The molecule has 0 spiro atoms. The molecule has 0 N–H and O–H groups in total. The lowest BCUT2D eigenvalue weighted by atomic mass is 9.79. The van der Waals surface area contributed by atoms with Crippen LogP contribution in [0.3, 0.4) is 0 Å². The van der Waals surface area contributed by atoms with Crippen LogP contribution in [0.1, 0.15) is 104 Å². The van der Waals surface area contributed by atoms with E-state index >= 15 is 0 Å². The molecule has 3 heteroatoms. The molecule has 2 heterocycles. The molecule has 29 heavy (non-hydrogen) atoms. The highest BCUT2D eigenvalue weighted by Gasteiger charge is 2.44. The van der Waals surface area contributed by atoms with Gasteiger partial charge in [0.15, 0.2) is 0 Å². The quantitative estimate of drug-likeness (QED) is 0.535. The van der Waals surface area contributed by atoms with Gasteiger partial charge in [0, 0.05) is 27.7 Å². The number of rotatable bonds is 1. The highest BCUT2D eigenvalue weighted by atomic mass is 16.2. The van der Waals surface area contributed by atoms with E-state index in [1.54, 1.807) is 0 Å². The summed E-state index contributed by atoms with van der Waals surface area (Å²) in [5.74, 6) is 0.158. The summed E-state index contributed by atoms with van der Waals surface area (Å²) in [6, 6.07) is 9.61. The van der Waals surface area contributed by atoms with E-state index in [0.717, 1.165) is 18.4 Å². The second-order valence-corrected chi connectivity index (χ2v) is 11.5. The van der Waals surface area contributed by atoms with Gasteiger partial charge < -0.3 is 4.90 Å². The lowest BCUT2D eigenvalue weighted by Gasteiger charge is -2.53. The third kappa shape index (κ3) is 5.42. The van der Waals surface area contributed by atoms with E-state index in [4.69, 9.17) is 0 Å². The number of carbonyl (C=O) groups excluding carboxylic acids is 1. The summed E-state index contributed by atoms with van der Waals surface area (Å²) in [6.07, 6.45) is 7.41. The molecular formula is C26H44N2O. The summed E-state index contributed by atoms with van der Waals surface area (Å²) >= 11 is 0. The zero-order valence-electron chi connectivity index (χ0n) is 20.4. The van der Waals surface area contributed by atoms with E-state index in [0.29, 0.717) is 11.1 Å². The van der Waals surface area contributed by atoms with Gasteiger partial charge in [0.1, 0.15) is 0 Å². The molecule has 0 aliphatic carbocycles. The molecular weight excluding hydrogens is 356 g/mol. The number of piperidine rings is 2. The van der Waals surface area contributed by atoms with Crippen molar-refractivity contribution in [3.63, 3.8) is 0 Å². The van der Waals surface area contributed by atoms with Crippen molar-refractivity contribution in [1.82, 2.24) is 9.80 Å². The summed E-state index contributed by atoms with van der Waals surface area (Å²) in [5, 5.41) is 0. The smallest absolute Gasteiger partial charge is 0.254 e. The van der Waals surface area contributed by atoms with E-state index in [-0.39, 0.29) is 17.0 Å². The molecule has 0 unspecified atom stereocenters. The first-order valence-electron chi connectivity index (χ1n) is 11.3. The third-order valence-corrected chi connectivity index (χ3v) is 7.40. The lowest BCUT2D eigenvalue weighted by Crippen LogP contribution is -2.60. The maximum atomic E-state index is 12.8. The van der Waals surface area contributed by atoms with Crippen LogP contribution >= 0.6 is 0 Å². The first-order valence-corrected chi connectivity index (χ1v) is 11.3. The summed E-state index contributed by atoms with van der Waals surface area (Å²) in [6.45, 7) is 18.1. The first kappa shape index (κ1) is 23.9. The number of hydrogen-bond donors (Lipinski definition) is 0. The average Bonchev–Trinajstić information content (AvgIpc) is 2.59. The molecule has 1 aromatic rings. The van der Waals surface area contributed by atoms with E-state index in [9.17, 15) is 4.79 Å². The Bertz CT molecular complexity index is 656. The molecule has 1 amide bonds. The van der Waals surface area contributed by atoms with Crippen molar-refractivity contribution in [2.45, 2.75) is 116 Å². The van der Waals surface area contributed by atoms with Crippen molar-refractivity contribution >= 4 is 5.91 Å². The van der Waals surface area contributed by atoms with Crippen LogP contribution in [0.15, 0.2) is 30.3 Å². The van der Waals surface area contributed by atoms with Gasteiger partial charge in [-0.05, 0) is 113 Å². The van der Waals surface area contributed by atoms with Gasteiger partial charge in [-0.3, -0.25) is 9.69 Å². The van der Waals surface area contributed by atoms with E-state index in [1.807, 2.05) is 30.3 Å². The highest BCUT2D eigenvalue weighted by Crippen LogP contribution is 2.39. The Labute approximate surface area is 179 Å². The Morgan fingerprint density at radius 2 is 1.07 bits per heavy atom. The van der Waals surface area contributed by atoms with Crippen molar-refractivity contribution in [2.75, 3.05) is 7.05 Å². The minimum Gasteiger partial charge on any atom is -0.328 e. The van der Waals surface area contributed by atoms with Crippen LogP contribution in [-0.2, 0) is 0 Å². The van der Waals surface area contributed by atoms with Gasteiger partial charge >= 0.3 is 0 Å². The van der Waals surface area contributed by atoms with Gasteiger partial charge in [-0.15, -0.1) is 0 Å². The van der Waals surface area contributed by atoms with Crippen molar-refractivity contribution in [3.05, 3.63) is 35.9 Å². The number of hydrogen-bond acceptors (Lipinski definition) is 2. The largest absolute Gasteiger partial charge is 0.328 e. The zero-order chi connectivity index (χ0) is 22.1. The third-order valence-electron chi connectivity index (χ3n) is 7.40. The Balaban J connectivity index is 0.000000234. The number of nitrogens with zero attached hydrogens (tertiary/aromatic N) is 2. The fraction of sp³-hybridized carbons (Fsp3) is 0.731. The molecule has 0 saturated carbocycles. The van der Waals surface area contributed by atoms with Crippen molar-refractivity contribution in [1.29, 1.82) is 0 Å². The topological polar surface area (TPSA) is 23.6 Å². The van der Waals surface area contributed by atoms with Crippen LogP contribution in [0, 0.1) is 0 Å². The highest BCUT2D eigenvalue weighted by molar-refractivity contribution is 5.95. The summed E-state index contributed by atoms with van der Waals surface area (Å²) in [5.41, 5.74) is 1.48.